The number of pyridine rings is 1. The lowest BCUT2D eigenvalue weighted by Gasteiger charge is -2.35. The summed E-state index contributed by atoms with van der Waals surface area (Å²) in [6, 6.07) is 4.03. The first-order chi connectivity index (χ1) is 13.6. The van der Waals surface area contributed by atoms with E-state index in [1.807, 2.05) is 17.0 Å². The summed E-state index contributed by atoms with van der Waals surface area (Å²) in [4.78, 5) is 47.2. The number of amides is 3. The number of hydrogen-bond acceptors (Lipinski definition) is 5. The van der Waals surface area contributed by atoms with Crippen molar-refractivity contribution in [3.63, 3.8) is 0 Å². The maximum atomic E-state index is 12.6. The molecule has 1 saturated carbocycles. The minimum Gasteiger partial charge on any atom is -0.340 e. The van der Waals surface area contributed by atoms with E-state index < -0.39 is 0 Å². The Morgan fingerprint density at radius 2 is 1.57 bits per heavy atom. The second kappa shape index (κ2) is 8.39. The number of aromatic nitrogens is 1. The molecule has 3 heterocycles. The lowest BCUT2D eigenvalue weighted by molar-refractivity contribution is -0.141. The monoisotopic (exact) mass is 384 g/mol. The highest BCUT2D eigenvalue weighted by Crippen LogP contribution is 2.38. The number of imide groups is 1. The summed E-state index contributed by atoms with van der Waals surface area (Å²) in [6.07, 6.45) is 7.52. The largest absolute Gasteiger partial charge is 0.340 e. The fourth-order valence-corrected chi connectivity index (χ4v) is 4.72. The normalized spacial score (nSPS) is 25.9. The predicted octanol–water partition coefficient (Wildman–Crippen LogP) is 1.29. The van der Waals surface area contributed by atoms with Crippen LogP contribution in [0.2, 0.25) is 0 Å². The quantitative estimate of drug-likeness (QED) is 0.716. The summed E-state index contributed by atoms with van der Waals surface area (Å²) in [7, 11) is 0. The van der Waals surface area contributed by atoms with E-state index in [0.717, 1.165) is 45.3 Å². The van der Waals surface area contributed by atoms with E-state index in [2.05, 4.69) is 9.88 Å². The molecule has 0 spiro atoms. The van der Waals surface area contributed by atoms with Crippen LogP contribution in [0.4, 0.5) is 0 Å². The van der Waals surface area contributed by atoms with Gasteiger partial charge in [0.15, 0.2) is 0 Å². The van der Waals surface area contributed by atoms with Crippen molar-refractivity contribution in [2.45, 2.75) is 38.6 Å². The summed E-state index contributed by atoms with van der Waals surface area (Å²) < 4.78 is 0. The van der Waals surface area contributed by atoms with E-state index in [-0.39, 0.29) is 42.5 Å². The molecule has 2 saturated heterocycles. The van der Waals surface area contributed by atoms with Gasteiger partial charge in [-0.15, -0.1) is 0 Å². The van der Waals surface area contributed by atoms with E-state index in [1.165, 1.54) is 10.5 Å². The lowest BCUT2D eigenvalue weighted by Crippen LogP contribution is -2.49. The first-order valence-electron chi connectivity index (χ1n) is 10.4. The number of piperazine rings is 1. The van der Waals surface area contributed by atoms with Gasteiger partial charge in [0.2, 0.25) is 17.7 Å². The van der Waals surface area contributed by atoms with Crippen LogP contribution in [0.15, 0.2) is 24.5 Å². The van der Waals surface area contributed by atoms with Crippen molar-refractivity contribution in [1.29, 1.82) is 0 Å². The zero-order valence-electron chi connectivity index (χ0n) is 16.3. The Morgan fingerprint density at radius 1 is 0.964 bits per heavy atom. The molecule has 2 aliphatic heterocycles. The third-order valence-electron chi connectivity index (χ3n) is 6.36. The molecule has 0 bridgehead atoms. The summed E-state index contributed by atoms with van der Waals surface area (Å²) in [6.45, 7) is 4.15. The van der Waals surface area contributed by atoms with Crippen LogP contribution in [0.25, 0.3) is 0 Å². The van der Waals surface area contributed by atoms with Crippen LogP contribution in [-0.4, -0.2) is 70.1 Å². The molecule has 3 fully saturated rings. The van der Waals surface area contributed by atoms with E-state index in [4.69, 9.17) is 0 Å². The molecule has 7 heteroatoms. The highest BCUT2D eigenvalue weighted by atomic mass is 16.2. The third-order valence-corrected chi connectivity index (χ3v) is 6.36. The Balaban J connectivity index is 1.24. The predicted molar refractivity (Wildman–Crippen MR) is 103 cm³/mol. The Bertz CT molecular complexity index is 706. The minimum atomic E-state index is -0.131. The van der Waals surface area contributed by atoms with Crippen molar-refractivity contribution >= 4 is 17.7 Å². The SMILES string of the molecule is O=C(CCN1C(=O)[C@@H]2CCCC[C@H]2C1=O)N1CCN(Cc2ccncc2)CC1. The molecule has 2 atom stereocenters. The first-order valence-corrected chi connectivity index (χ1v) is 10.4. The van der Waals surface area contributed by atoms with Crippen molar-refractivity contribution < 1.29 is 14.4 Å². The van der Waals surface area contributed by atoms with Crippen LogP contribution in [0, 0.1) is 11.8 Å². The number of hydrogen-bond donors (Lipinski definition) is 0. The molecule has 1 aliphatic carbocycles. The Labute approximate surface area is 165 Å². The minimum absolute atomic E-state index is 0.0408. The van der Waals surface area contributed by atoms with Gasteiger partial charge in [-0.05, 0) is 30.5 Å². The van der Waals surface area contributed by atoms with Crippen LogP contribution >= 0.6 is 0 Å². The van der Waals surface area contributed by atoms with Gasteiger partial charge in [-0.25, -0.2) is 0 Å². The molecule has 150 valence electrons. The second-order valence-corrected chi connectivity index (χ2v) is 8.09. The van der Waals surface area contributed by atoms with Crippen LogP contribution in [0.5, 0.6) is 0 Å². The molecule has 0 N–H and O–H groups in total. The number of fused-ring (bicyclic) bond motifs is 1. The lowest BCUT2D eigenvalue weighted by atomic mass is 9.81. The number of likely N-dealkylation sites (tertiary alicyclic amines) is 1. The Morgan fingerprint density at radius 3 is 2.18 bits per heavy atom. The summed E-state index contributed by atoms with van der Waals surface area (Å²) in [5.74, 6) is -0.324. The topological polar surface area (TPSA) is 73.8 Å². The second-order valence-electron chi connectivity index (χ2n) is 8.09. The molecule has 1 aromatic rings. The smallest absolute Gasteiger partial charge is 0.233 e. The highest BCUT2D eigenvalue weighted by Gasteiger charge is 2.47. The zero-order chi connectivity index (χ0) is 19.5. The molecule has 1 aromatic heterocycles. The molecular weight excluding hydrogens is 356 g/mol. The van der Waals surface area contributed by atoms with Crippen molar-refractivity contribution in [3.8, 4) is 0 Å². The standard InChI is InChI=1S/C21H28N4O3/c26-19(7-10-25-20(27)17-3-1-2-4-18(17)21(25)28)24-13-11-23(12-14-24)15-16-5-8-22-9-6-16/h5-6,8-9,17-18H,1-4,7,10-15H2/t17-,18-/m1/s1. The molecule has 3 aliphatic rings. The van der Waals surface area contributed by atoms with Gasteiger partial charge in [-0.2, -0.15) is 0 Å². The van der Waals surface area contributed by atoms with Gasteiger partial charge >= 0.3 is 0 Å². The zero-order valence-corrected chi connectivity index (χ0v) is 16.3. The fourth-order valence-electron chi connectivity index (χ4n) is 4.72. The van der Waals surface area contributed by atoms with Gasteiger partial charge < -0.3 is 4.90 Å². The molecule has 0 radical (unpaired) electrons. The Kier molecular flexibility index (Phi) is 5.71. The van der Waals surface area contributed by atoms with Gasteiger partial charge in [-0.3, -0.25) is 29.2 Å². The van der Waals surface area contributed by atoms with Gasteiger partial charge in [0.25, 0.3) is 0 Å². The number of carbonyl (C=O) groups excluding carboxylic acids is 3. The van der Waals surface area contributed by atoms with Gasteiger partial charge in [-0.1, -0.05) is 12.8 Å². The summed E-state index contributed by atoms with van der Waals surface area (Å²) >= 11 is 0. The van der Waals surface area contributed by atoms with Crippen molar-refractivity contribution in [2.24, 2.45) is 11.8 Å². The molecule has 4 rings (SSSR count). The van der Waals surface area contributed by atoms with E-state index in [0.29, 0.717) is 13.1 Å². The molecule has 7 nitrogen and oxygen atoms in total. The van der Waals surface area contributed by atoms with Crippen LogP contribution in [0.3, 0.4) is 0 Å². The number of rotatable bonds is 5. The van der Waals surface area contributed by atoms with Crippen molar-refractivity contribution in [2.75, 3.05) is 32.7 Å². The van der Waals surface area contributed by atoms with Crippen LogP contribution < -0.4 is 0 Å². The van der Waals surface area contributed by atoms with Crippen molar-refractivity contribution in [3.05, 3.63) is 30.1 Å². The molecule has 28 heavy (non-hydrogen) atoms. The molecule has 3 amide bonds. The number of nitrogens with zero attached hydrogens (tertiary/aromatic N) is 4. The molecule has 0 unspecified atom stereocenters. The van der Waals surface area contributed by atoms with Gasteiger partial charge in [0.1, 0.15) is 0 Å². The maximum Gasteiger partial charge on any atom is 0.233 e. The van der Waals surface area contributed by atoms with Gasteiger partial charge in [0, 0.05) is 58.1 Å². The van der Waals surface area contributed by atoms with Crippen molar-refractivity contribution in [1.82, 2.24) is 19.7 Å². The van der Waals surface area contributed by atoms with Gasteiger partial charge in [0.05, 0.1) is 11.8 Å². The van der Waals surface area contributed by atoms with Crippen LogP contribution in [-0.2, 0) is 20.9 Å². The number of carbonyl (C=O) groups is 3. The average molecular weight is 384 g/mol. The Hall–Kier alpha value is -2.28. The molecular formula is C21H28N4O3. The fraction of sp³-hybridized carbons (Fsp3) is 0.619. The highest BCUT2D eigenvalue weighted by molar-refractivity contribution is 6.05. The maximum absolute atomic E-state index is 12.6. The first kappa shape index (κ1) is 19.1. The summed E-state index contributed by atoms with van der Waals surface area (Å²) in [5, 5.41) is 0. The van der Waals surface area contributed by atoms with E-state index >= 15 is 0 Å². The van der Waals surface area contributed by atoms with Crippen LogP contribution in [0.1, 0.15) is 37.7 Å². The van der Waals surface area contributed by atoms with E-state index in [9.17, 15) is 14.4 Å². The molecule has 0 aromatic carbocycles. The third kappa shape index (κ3) is 3.94. The van der Waals surface area contributed by atoms with E-state index in [1.54, 1.807) is 12.4 Å². The average Bonchev–Trinajstić information content (AvgIpc) is 2.98. The summed E-state index contributed by atoms with van der Waals surface area (Å²) in [5.41, 5.74) is 1.22.